The number of nitrogens with zero attached hydrogens (tertiary/aromatic N) is 2. The van der Waals surface area contributed by atoms with Crippen LogP contribution >= 0.6 is 0 Å². The third-order valence-electron chi connectivity index (χ3n) is 3.48. The van der Waals surface area contributed by atoms with Crippen LogP contribution in [-0.4, -0.2) is 27.0 Å². The maximum Gasteiger partial charge on any atom is 0.339 e. The fourth-order valence-electron chi connectivity index (χ4n) is 2.23. The third-order valence-corrected chi connectivity index (χ3v) is 5.39. The van der Waals surface area contributed by atoms with E-state index in [0.29, 0.717) is 5.69 Å². The van der Waals surface area contributed by atoms with E-state index in [1.165, 1.54) is 35.5 Å². The van der Waals surface area contributed by atoms with Gasteiger partial charge >= 0.3 is 5.97 Å². The highest BCUT2D eigenvalue weighted by Gasteiger charge is 2.24. The molecule has 2 aromatic rings. The van der Waals surface area contributed by atoms with Gasteiger partial charge in [-0.05, 0) is 50.2 Å². The maximum atomic E-state index is 12.8. The fourth-order valence-corrected chi connectivity index (χ4v) is 3.70. The van der Waals surface area contributed by atoms with Crippen LogP contribution in [0.1, 0.15) is 24.2 Å². The summed E-state index contributed by atoms with van der Waals surface area (Å²) in [5.74, 6) is -0.673. The molecule has 0 unspecified atom stereocenters. The Balaban J connectivity index is 2.28. The molecule has 0 aromatic heterocycles. The van der Waals surface area contributed by atoms with Crippen molar-refractivity contribution in [1.82, 2.24) is 0 Å². The zero-order chi connectivity index (χ0) is 18.4. The Morgan fingerprint density at radius 2 is 1.76 bits per heavy atom. The quantitative estimate of drug-likeness (QED) is 0.741. The highest BCUT2D eigenvalue weighted by atomic mass is 32.2. The first-order valence-electron chi connectivity index (χ1n) is 7.68. The van der Waals surface area contributed by atoms with Crippen LogP contribution in [0, 0.1) is 11.3 Å². The van der Waals surface area contributed by atoms with Crippen LogP contribution in [0.4, 0.5) is 5.69 Å². The van der Waals surface area contributed by atoms with Crippen LogP contribution in [0.5, 0.6) is 0 Å². The van der Waals surface area contributed by atoms with E-state index in [2.05, 4.69) is 0 Å². The number of hydrogen-bond acceptors (Lipinski definition) is 5. The molecule has 130 valence electrons. The number of anilines is 1. The van der Waals surface area contributed by atoms with Gasteiger partial charge in [-0.1, -0.05) is 18.2 Å². The molecule has 0 heterocycles. The predicted molar refractivity (Wildman–Crippen MR) is 93.6 cm³/mol. The van der Waals surface area contributed by atoms with Crippen molar-refractivity contribution < 1.29 is 17.9 Å². The second-order valence-corrected chi connectivity index (χ2v) is 7.07. The lowest BCUT2D eigenvalue weighted by Gasteiger charge is -2.23. The number of hydrogen-bond donors (Lipinski definition) is 0. The number of carbonyl (C=O) groups excluding carboxylic acids is 1. The zero-order valence-electron chi connectivity index (χ0n) is 13.9. The number of ether oxygens (including phenoxy) is 1. The number of nitriles is 1. The van der Waals surface area contributed by atoms with E-state index in [1.807, 2.05) is 6.07 Å². The van der Waals surface area contributed by atoms with Crippen molar-refractivity contribution in [3.8, 4) is 6.07 Å². The lowest BCUT2D eigenvalue weighted by atomic mass is 10.2. The van der Waals surface area contributed by atoms with Crippen LogP contribution in [0.15, 0.2) is 59.5 Å². The normalized spacial score (nSPS) is 12.0. The molecular formula is C18H18N2O4S. The first kappa shape index (κ1) is 18.5. The van der Waals surface area contributed by atoms with Gasteiger partial charge in [-0.2, -0.15) is 5.26 Å². The minimum absolute atomic E-state index is 0.0723. The van der Waals surface area contributed by atoms with Crippen molar-refractivity contribution in [3.63, 3.8) is 0 Å². The molecule has 25 heavy (non-hydrogen) atoms. The highest BCUT2D eigenvalue weighted by molar-refractivity contribution is 7.92. The summed E-state index contributed by atoms with van der Waals surface area (Å²) in [6.07, 6.45) is -0.871. The molecule has 0 bridgehead atoms. The molecule has 0 aliphatic carbocycles. The average molecular weight is 358 g/mol. The molecule has 2 aromatic carbocycles. The standard InChI is InChI=1S/C18H18N2O4S/c1-3-20(16-7-5-4-6-8-16)25(22,23)17-11-9-15(10-12-17)18(21)24-14(2)13-19/h4-12,14H,3H2,1-2H3/t14-/m1/s1. The molecule has 0 aliphatic heterocycles. The van der Waals surface area contributed by atoms with Crippen molar-refractivity contribution in [1.29, 1.82) is 5.26 Å². The fraction of sp³-hybridized carbons (Fsp3) is 0.222. The van der Waals surface area contributed by atoms with Gasteiger partial charge in [0.1, 0.15) is 6.07 Å². The molecule has 0 saturated carbocycles. The molecule has 0 aliphatic rings. The SMILES string of the molecule is CCN(c1ccccc1)S(=O)(=O)c1ccc(C(=O)O[C@H](C)C#N)cc1. The van der Waals surface area contributed by atoms with Gasteiger partial charge in [-0.25, -0.2) is 13.2 Å². The van der Waals surface area contributed by atoms with Crippen LogP contribution in [-0.2, 0) is 14.8 Å². The van der Waals surface area contributed by atoms with Gasteiger partial charge in [0.05, 0.1) is 16.1 Å². The Hall–Kier alpha value is -2.85. The summed E-state index contributed by atoms with van der Waals surface area (Å²) in [5.41, 5.74) is 0.750. The van der Waals surface area contributed by atoms with Gasteiger partial charge in [-0.3, -0.25) is 4.31 Å². The van der Waals surface area contributed by atoms with Crippen molar-refractivity contribution in [2.75, 3.05) is 10.8 Å². The molecule has 0 fully saturated rings. The van der Waals surface area contributed by atoms with E-state index in [4.69, 9.17) is 10.00 Å². The molecule has 6 nitrogen and oxygen atoms in total. The first-order chi connectivity index (χ1) is 11.9. The number of para-hydroxylation sites is 1. The Labute approximate surface area is 147 Å². The molecule has 0 saturated heterocycles. The van der Waals surface area contributed by atoms with Crippen molar-refractivity contribution in [2.24, 2.45) is 0 Å². The summed E-state index contributed by atoms with van der Waals surface area (Å²) in [6, 6.07) is 16.0. The van der Waals surface area contributed by atoms with Crippen molar-refractivity contribution in [2.45, 2.75) is 24.8 Å². The summed E-state index contributed by atoms with van der Waals surface area (Å²) in [7, 11) is -3.75. The van der Waals surface area contributed by atoms with E-state index < -0.39 is 22.1 Å². The molecular weight excluding hydrogens is 340 g/mol. The Bertz CT molecular complexity index is 872. The van der Waals surface area contributed by atoms with Gasteiger partial charge in [-0.15, -0.1) is 0 Å². The van der Waals surface area contributed by atoms with Crippen LogP contribution < -0.4 is 4.31 Å². The van der Waals surface area contributed by atoms with Crippen LogP contribution in [0.2, 0.25) is 0 Å². The zero-order valence-corrected chi connectivity index (χ0v) is 14.7. The number of esters is 1. The maximum absolute atomic E-state index is 12.8. The van der Waals surface area contributed by atoms with Gasteiger partial charge in [0, 0.05) is 6.54 Å². The summed E-state index contributed by atoms with van der Waals surface area (Å²) < 4.78 is 31.9. The van der Waals surface area contributed by atoms with Gasteiger partial charge < -0.3 is 4.74 Å². The lowest BCUT2D eigenvalue weighted by Crippen LogP contribution is -2.30. The highest BCUT2D eigenvalue weighted by Crippen LogP contribution is 2.23. The van der Waals surface area contributed by atoms with Crippen LogP contribution in [0.25, 0.3) is 0 Å². The summed E-state index contributed by atoms with van der Waals surface area (Å²) >= 11 is 0. The lowest BCUT2D eigenvalue weighted by molar-refractivity contribution is 0.0435. The Morgan fingerprint density at radius 3 is 2.28 bits per heavy atom. The summed E-state index contributed by atoms with van der Waals surface area (Å²) in [6.45, 7) is 3.48. The number of carbonyl (C=O) groups is 1. The molecule has 0 amide bonds. The second-order valence-electron chi connectivity index (χ2n) is 5.21. The van der Waals surface area contributed by atoms with Gasteiger partial charge in [0.15, 0.2) is 6.10 Å². The molecule has 7 heteroatoms. The second kappa shape index (κ2) is 7.81. The van der Waals surface area contributed by atoms with Crippen LogP contribution in [0.3, 0.4) is 0 Å². The van der Waals surface area contributed by atoms with E-state index in [0.717, 1.165) is 0 Å². The van der Waals surface area contributed by atoms with E-state index in [-0.39, 0.29) is 17.0 Å². The van der Waals surface area contributed by atoms with E-state index in [1.54, 1.807) is 37.3 Å². The number of benzene rings is 2. The number of sulfonamides is 1. The average Bonchev–Trinajstić information content (AvgIpc) is 2.63. The van der Waals surface area contributed by atoms with E-state index in [9.17, 15) is 13.2 Å². The predicted octanol–water partition coefficient (Wildman–Crippen LogP) is 2.97. The number of rotatable bonds is 6. The topological polar surface area (TPSA) is 87.5 Å². The van der Waals surface area contributed by atoms with Crippen molar-refractivity contribution >= 4 is 21.7 Å². The monoisotopic (exact) mass is 358 g/mol. The van der Waals surface area contributed by atoms with E-state index >= 15 is 0 Å². The summed E-state index contributed by atoms with van der Waals surface area (Å²) in [5, 5.41) is 8.67. The smallest absolute Gasteiger partial charge is 0.339 e. The van der Waals surface area contributed by atoms with Crippen molar-refractivity contribution in [3.05, 3.63) is 60.2 Å². The van der Waals surface area contributed by atoms with Gasteiger partial charge in [0.2, 0.25) is 0 Å². The van der Waals surface area contributed by atoms with Gasteiger partial charge in [0.25, 0.3) is 10.0 Å². The molecule has 0 spiro atoms. The molecule has 0 N–H and O–H groups in total. The minimum atomic E-state index is -3.75. The largest absolute Gasteiger partial charge is 0.444 e. The summed E-state index contributed by atoms with van der Waals surface area (Å²) in [4.78, 5) is 11.9. The minimum Gasteiger partial charge on any atom is -0.444 e. The third kappa shape index (κ3) is 4.17. The Morgan fingerprint density at radius 1 is 1.16 bits per heavy atom. The molecule has 0 radical (unpaired) electrons. The first-order valence-corrected chi connectivity index (χ1v) is 9.12. The molecule has 1 atom stereocenters. The molecule has 2 rings (SSSR count). The Kier molecular flexibility index (Phi) is 5.78.